The number of fused-ring (bicyclic) bond motifs is 3. The lowest BCUT2D eigenvalue weighted by molar-refractivity contribution is 0.735. The highest BCUT2D eigenvalue weighted by Gasteiger charge is 2.39. The molecule has 0 radical (unpaired) electrons. The molecule has 9 aromatic carbocycles. The second-order valence-electron chi connectivity index (χ2n) is 16.2. The Morgan fingerprint density at radius 3 is 1.16 bits per heavy atom. The molecule has 2 aliphatic rings. The van der Waals surface area contributed by atoms with Crippen LogP contribution >= 0.6 is 0 Å². The fourth-order valence-corrected chi connectivity index (χ4v) is 9.32. The van der Waals surface area contributed by atoms with Gasteiger partial charge in [-0.05, 0) is 130 Å². The molecule has 0 saturated carbocycles. The van der Waals surface area contributed by atoms with Crippen molar-refractivity contribution in [3.8, 4) is 33.4 Å². The number of allylic oxidation sites excluding steroid dienone is 1. The van der Waals surface area contributed by atoms with Crippen LogP contribution in [0, 0.1) is 0 Å². The van der Waals surface area contributed by atoms with Crippen molar-refractivity contribution in [2.75, 3.05) is 14.7 Å². The van der Waals surface area contributed by atoms with Gasteiger partial charge in [0.25, 0.3) is 0 Å². The van der Waals surface area contributed by atoms with Gasteiger partial charge in [-0.3, -0.25) is 0 Å². The molecule has 0 aromatic heterocycles. The summed E-state index contributed by atoms with van der Waals surface area (Å²) in [7, 11) is 0. The van der Waals surface area contributed by atoms with E-state index in [1.807, 2.05) is 0 Å². The monoisotopic (exact) mass is 807 g/mol. The Labute approximate surface area is 370 Å². The first kappa shape index (κ1) is 37.8. The minimum atomic E-state index is 0.150. The molecule has 0 amide bonds. The maximum Gasteiger partial charge on any atom is 0.0649 e. The topological polar surface area (TPSA) is 9.72 Å². The molecule has 3 heteroatoms. The summed E-state index contributed by atoms with van der Waals surface area (Å²) in [5.41, 5.74) is 17.7. The number of nitrogens with zero attached hydrogens (tertiary/aromatic N) is 3. The van der Waals surface area contributed by atoms with Crippen LogP contribution in [0.2, 0.25) is 0 Å². The van der Waals surface area contributed by atoms with Crippen LogP contribution in [0.5, 0.6) is 0 Å². The van der Waals surface area contributed by atoms with E-state index >= 15 is 0 Å². The Hall–Kier alpha value is -8.14. The molecule has 3 nitrogen and oxygen atoms in total. The summed E-state index contributed by atoms with van der Waals surface area (Å²) in [5.74, 6) is 0.270. The van der Waals surface area contributed by atoms with Gasteiger partial charge in [-0.1, -0.05) is 170 Å². The number of hydrogen-bond donors (Lipinski definition) is 0. The van der Waals surface area contributed by atoms with Crippen LogP contribution in [0.25, 0.3) is 33.4 Å². The summed E-state index contributed by atoms with van der Waals surface area (Å²) in [6.45, 7) is 0. The quantitative estimate of drug-likeness (QED) is 0.136. The molecule has 0 N–H and O–H groups in total. The van der Waals surface area contributed by atoms with Gasteiger partial charge >= 0.3 is 0 Å². The van der Waals surface area contributed by atoms with Gasteiger partial charge in [0.2, 0.25) is 0 Å². The first-order chi connectivity index (χ1) is 31.2. The van der Waals surface area contributed by atoms with E-state index in [0.717, 1.165) is 39.7 Å². The molecular weight excluding hydrogens is 763 g/mol. The van der Waals surface area contributed by atoms with E-state index < -0.39 is 0 Å². The number of anilines is 7. The van der Waals surface area contributed by atoms with Crippen LogP contribution in [0.4, 0.5) is 39.8 Å². The molecule has 2 atom stereocenters. The first-order valence-corrected chi connectivity index (χ1v) is 21.8. The Balaban J connectivity index is 0.907. The molecule has 300 valence electrons. The molecule has 63 heavy (non-hydrogen) atoms. The molecule has 1 heterocycles. The smallest absolute Gasteiger partial charge is 0.0649 e. The van der Waals surface area contributed by atoms with Crippen molar-refractivity contribution in [3.05, 3.63) is 272 Å². The zero-order valence-electron chi connectivity index (χ0n) is 34.8. The van der Waals surface area contributed by atoms with Crippen LogP contribution < -0.4 is 14.7 Å². The van der Waals surface area contributed by atoms with E-state index in [4.69, 9.17) is 0 Å². The number of hydrogen-bond acceptors (Lipinski definition) is 3. The van der Waals surface area contributed by atoms with Crippen molar-refractivity contribution in [3.63, 3.8) is 0 Å². The van der Waals surface area contributed by atoms with Gasteiger partial charge in [0.1, 0.15) is 0 Å². The maximum absolute atomic E-state index is 2.50. The normalized spacial score (nSPS) is 15.0. The number of rotatable bonds is 10. The predicted octanol–water partition coefficient (Wildman–Crippen LogP) is 16.1. The van der Waals surface area contributed by atoms with Gasteiger partial charge in [-0.15, -0.1) is 0 Å². The molecular formula is C60H45N3. The zero-order valence-corrected chi connectivity index (χ0v) is 34.8. The molecule has 0 bridgehead atoms. The van der Waals surface area contributed by atoms with Crippen LogP contribution in [0.1, 0.15) is 11.5 Å². The second kappa shape index (κ2) is 16.7. The van der Waals surface area contributed by atoms with Crippen molar-refractivity contribution in [1.82, 2.24) is 0 Å². The fraction of sp³-hybridized carbons (Fsp3) is 0.0333. The lowest BCUT2D eigenvalue weighted by Gasteiger charge is -2.34. The molecule has 1 aliphatic carbocycles. The minimum absolute atomic E-state index is 0.150. The standard InChI is InChI=1S/C60H45N3/c1-5-15-44(16-6-1)46-25-33-52(34-26-46)61(53-35-27-47(28-36-53)45-17-7-2-8-18-45)54-37-29-48(30-38-54)49-31-39-55(40-32-49)62(50-19-9-3-10-20-50)56-41-42-58-57-23-13-14-24-59(57)63(60(58)43-56)51-21-11-4-12-22-51/h1-43,58,60H. The molecule has 0 fully saturated rings. The molecule has 0 spiro atoms. The Kier molecular flexibility index (Phi) is 10.0. The van der Waals surface area contributed by atoms with Crippen molar-refractivity contribution in [2.24, 2.45) is 0 Å². The van der Waals surface area contributed by atoms with Gasteiger partial charge in [-0.25, -0.2) is 0 Å². The molecule has 0 saturated heterocycles. The second-order valence-corrected chi connectivity index (χ2v) is 16.2. The third kappa shape index (κ3) is 7.41. The summed E-state index contributed by atoms with van der Waals surface area (Å²) in [6.07, 6.45) is 7.15. The molecule has 9 aromatic rings. The molecule has 1 aliphatic heterocycles. The largest absolute Gasteiger partial charge is 0.333 e. The highest BCUT2D eigenvalue weighted by atomic mass is 15.2. The number of para-hydroxylation sites is 3. The van der Waals surface area contributed by atoms with E-state index in [2.05, 4.69) is 276 Å². The van der Waals surface area contributed by atoms with E-state index in [-0.39, 0.29) is 12.0 Å². The van der Waals surface area contributed by atoms with Crippen molar-refractivity contribution < 1.29 is 0 Å². The van der Waals surface area contributed by atoms with Gasteiger partial charge < -0.3 is 14.7 Å². The van der Waals surface area contributed by atoms with Crippen LogP contribution in [0.15, 0.2) is 267 Å². The maximum atomic E-state index is 2.50. The minimum Gasteiger partial charge on any atom is -0.333 e. The van der Waals surface area contributed by atoms with Gasteiger partial charge in [0, 0.05) is 51.4 Å². The van der Waals surface area contributed by atoms with Crippen LogP contribution in [0.3, 0.4) is 0 Å². The van der Waals surface area contributed by atoms with Gasteiger partial charge in [0.15, 0.2) is 0 Å². The summed E-state index contributed by atoms with van der Waals surface area (Å²) >= 11 is 0. The van der Waals surface area contributed by atoms with E-state index in [9.17, 15) is 0 Å². The first-order valence-electron chi connectivity index (χ1n) is 21.8. The van der Waals surface area contributed by atoms with Crippen molar-refractivity contribution >= 4 is 39.8 Å². The Morgan fingerprint density at radius 1 is 0.317 bits per heavy atom. The number of benzene rings is 9. The fourth-order valence-electron chi connectivity index (χ4n) is 9.32. The van der Waals surface area contributed by atoms with E-state index in [0.29, 0.717) is 0 Å². The van der Waals surface area contributed by atoms with Crippen LogP contribution in [-0.2, 0) is 0 Å². The van der Waals surface area contributed by atoms with Gasteiger partial charge in [0.05, 0.1) is 6.04 Å². The van der Waals surface area contributed by atoms with Crippen molar-refractivity contribution in [2.45, 2.75) is 12.0 Å². The average molecular weight is 808 g/mol. The van der Waals surface area contributed by atoms with E-state index in [1.54, 1.807) is 0 Å². The zero-order chi connectivity index (χ0) is 42.0. The molecule has 11 rings (SSSR count). The highest BCUT2D eigenvalue weighted by molar-refractivity contribution is 5.82. The van der Waals surface area contributed by atoms with E-state index in [1.165, 1.54) is 44.8 Å². The predicted molar refractivity (Wildman–Crippen MR) is 265 cm³/mol. The molecule has 2 unspecified atom stereocenters. The summed E-state index contributed by atoms with van der Waals surface area (Å²) in [4.78, 5) is 7.22. The van der Waals surface area contributed by atoms with Crippen molar-refractivity contribution in [1.29, 1.82) is 0 Å². The third-order valence-electron chi connectivity index (χ3n) is 12.4. The lowest BCUT2D eigenvalue weighted by atomic mass is 9.90. The average Bonchev–Trinajstić information content (AvgIpc) is 3.70. The SMILES string of the molecule is C1=CC2c3ccccc3N(c3ccccc3)C2C=C1N(c1ccccc1)c1ccc(-c2ccc(N(c3ccc(-c4ccccc4)cc3)c3ccc(-c4ccccc4)cc3)cc2)cc1. The third-order valence-corrected chi connectivity index (χ3v) is 12.4. The Bertz CT molecular complexity index is 2930. The summed E-state index contributed by atoms with van der Waals surface area (Å²) in [5, 5.41) is 0. The van der Waals surface area contributed by atoms with Gasteiger partial charge in [-0.2, -0.15) is 0 Å². The lowest BCUT2D eigenvalue weighted by Crippen LogP contribution is -2.31. The summed E-state index contributed by atoms with van der Waals surface area (Å²) < 4.78 is 0. The summed E-state index contributed by atoms with van der Waals surface area (Å²) in [6, 6.07) is 87.3. The highest BCUT2D eigenvalue weighted by Crippen LogP contribution is 2.49. The Morgan fingerprint density at radius 2 is 0.683 bits per heavy atom. The van der Waals surface area contributed by atoms with Crippen LogP contribution in [-0.4, -0.2) is 6.04 Å².